The van der Waals surface area contributed by atoms with Gasteiger partial charge in [0.1, 0.15) is 10.6 Å². The highest BCUT2D eigenvalue weighted by Gasteiger charge is 2.21. The molecule has 1 aromatic carbocycles. The number of ether oxygens (including phenoxy) is 1. The number of thioether (sulfide) groups is 1. The SMILES string of the molecule is CCn1c(SCC(=O)Nc2nc(C)c(C(=O)N(C)C)s2)nnc1C(C)Oc1ccc(C)cc1. The molecule has 3 aromatic rings. The average molecular weight is 489 g/mol. The molecule has 11 heteroatoms. The molecule has 176 valence electrons. The molecule has 0 aliphatic heterocycles. The molecule has 2 heterocycles. The first-order valence-corrected chi connectivity index (χ1v) is 12.3. The Hall–Kier alpha value is -2.92. The summed E-state index contributed by atoms with van der Waals surface area (Å²) in [6, 6.07) is 7.85. The van der Waals surface area contributed by atoms with Crippen LogP contribution in [-0.2, 0) is 11.3 Å². The van der Waals surface area contributed by atoms with Gasteiger partial charge in [0, 0.05) is 20.6 Å². The van der Waals surface area contributed by atoms with Crippen LogP contribution in [0.4, 0.5) is 5.13 Å². The normalized spacial score (nSPS) is 11.8. The third kappa shape index (κ3) is 6.11. The number of nitrogens with one attached hydrogen (secondary N) is 1. The van der Waals surface area contributed by atoms with Crippen molar-refractivity contribution in [2.24, 2.45) is 0 Å². The first kappa shape index (κ1) is 24.7. The van der Waals surface area contributed by atoms with Gasteiger partial charge >= 0.3 is 0 Å². The lowest BCUT2D eigenvalue weighted by atomic mass is 10.2. The Morgan fingerprint density at radius 1 is 1.21 bits per heavy atom. The molecule has 0 saturated carbocycles. The Kier molecular flexibility index (Phi) is 8.09. The molecule has 0 saturated heterocycles. The highest BCUT2D eigenvalue weighted by atomic mass is 32.2. The van der Waals surface area contributed by atoms with Crippen molar-refractivity contribution in [1.82, 2.24) is 24.6 Å². The van der Waals surface area contributed by atoms with Crippen LogP contribution in [0.3, 0.4) is 0 Å². The zero-order valence-electron chi connectivity index (χ0n) is 19.6. The Morgan fingerprint density at radius 3 is 2.55 bits per heavy atom. The van der Waals surface area contributed by atoms with Crippen LogP contribution in [0.5, 0.6) is 5.75 Å². The van der Waals surface area contributed by atoms with Crippen molar-refractivity contribution in [2.45, 2.75) is 45.5 Å². The molecular formula is C22H28N6O3S2. The van der Waals surface area contributed by atoms with E-state index in [9.17, 15) is 9.59 Å². The lowest BCUT2D eigenvalue weighted by Crippen LogP contribution is -2.21. The van der Waals surface area contributed by atoms with E-state index in [4.69, 9.17) is 4.74 Å². The van der Waals surface area contributed by atoms with E-state index in [0.717, 1.165) is 11.3 Å². The fourth-order valence-corrected chi connectivity index (χ4v) is 4.83. The van der Waals surface area contributed by atoms with E-state index < -0.39 is 0 Å². The molecular weight excluding hydrogens is 460 g/mol. The van der Waals surface area contributed by atoms with E-state index in [-0.39, 0.29) is 23.7 Å². The molecule has 0 radical (unpaired) electrons. The lowest BCUT2D eigenvalue weighted by Gasteiger charge is -2.15. The summed E-state index contributed by atoms with van der Waals surface area (Å²) in [5.74, 6) is 1.24. The summed E-state index contributed by atoms with van der Waals surface area (Å²) < 4.78 is 7.96. The van der Waals surface area contributed by atoms with Gasteiger partial charge in [-0.2, -0.15) is 0 Å². The Balaban J connectivity index is 1.62. The van der Waals surface area contributed by atoms with Gasteiger partial charge < -0.3 is 19.5 Å². The quantitative estimate of drug-likeness (QED) is 0.455. The van der Waals surface area contributed by atoms with Crippen molar-refractivity contribution < 1.29 is 14.3 Å². The smallest absolute Gasteiger partial charge is 0.265 e. The van der Waals surface area contributed by atoms with Gasteiger partial charge in [-0.25, -0.2) is 4.98 Å². The molecule has 0 fully saturated rings. The number of rotatable bonds is 9. The molecule has 0 aliphatic carbocycles. The molecule has 0 aliphatic rings. The second-order valence-corrected chi connectivity index (χ2v) is 9.57. The van der Waals surface area contributed by atoms with Crippen molar-refractivity contribution in [1.29, 1.82) is 0 Å². The summed E-state index contributed by atoms with van der Waals surface area (Å²) in [5, 5.41) is 12.4. The third-order valence-corrected chi connectivity index (χ3v) is 6.76. The molecule has 0 bridgehead atoms. The van der Waals surface area contributed by atoms with Crippen LogP contribution in [-0.4, -0.2) is 56.3 Å². The van der Waals surface area contributed by atoms with E-state index in [1.807, 2.05) is 49.6 Å². The highest BCUT2D eigenvalue weighted by molar-refractivity contribution is 7.99. The number of aryl methyl sites for hydroxylation is 2. The van der Waals surface area contributed by atoms with Crippen molar-refractivity contribution in [3.05, 3.63) is 46.2 Å². The molecule has 2 amide bonds. The fraction of sp³-hybridized carbons (Fsp3) is 0.409. The molecule has 9 nitrogen and oxygen atoms in total. The van der Waals surface area contributed by atoms with Gasteiger partial charge in [0.2, 0.25) is 5.91 Å². The summed E-state index contributed by atoms with van der Waals surface area (Å²) in [6.45, 7) is 8.35. The Bertz CT molecular complexity index is 1120. The topological polar surface area (TPSA) is 102 Å². The van der Waals surface area contributed by atoms with Crippen LogP contribution in [0.15, 0.2) is 29.4 Å². The largest absolute Gasteiger partial charge is 0.483 e. The van der Waals surface area contributed by atoms with Crippen LogP contribution in [0, 0.1) is 13.8 Å². The fourth-order valence-electron chi connectivity index (χ4n) is 3.02. The predicted molar refractivity (Wildman–Crippen MR) is 130 cm³/mol. The third-order valence-electron chi connectivity index (χ3n) is 4.73. The summed E-state index contributed by atoms with van der Waals surface area (Å²) in [7, 11) is 3.36. The summed E-state index contributed by atoms with van der Waals surface area (Å²) in [4.78, 5) is 31.0. The minimum absolute atomic E-state index is 0.134. The van der Waals surface area contributed by atoms with Gasteiger partial charge in [-0.1, -0.05) is 40.8 Å². The molecule has 0 spiro atoms. The number of thiazole rings is 1. The lowest BCUT2D eigenvalue weighted by molar-refractivity contribution is -0.113. The van der Waals surface area contributed by atoms with Crippen molar-refractivity contribution in [3.8, 4) is 5.75 Å². The van der Waals surface area contributed by atoms with Gasteiger partial charge in [0.15, 0.2) is 22.2 Å². The van der Waals surface area contributed by atoms with Crippen LogP contribution in [0.1, 0.15) is 46.7 Å². The number of nitrogens with zero attached hydrogens (tertiary/aromatic N) is 5. The van der Waals surface area contributed by atoms with Crippen molar-refractivity contribution in [2.75, 3.05) is 25.2 Å². The number of anilines is 1. The maximum absolute atomic E-state index is 12.5. The minimum atomic E-state index is -0.297. The first-order valence-electron chi connectivity index (χ1n) is 10.5. The standard InChI is InChI=1S/C22H28N6O3S2/c1-7-28-19(15(4)31-16-10-8-13(2)9-11-16)25-26-22(28)32-12-17(29)24-21-23-14(3)18(33-21)20(30)27(5)6/h8-11,15H,7,12H2,1-6H3,(H,23,24,29). The molecule has 33 heavy (non-hydrogen) atoms. The number of benzene rings is 1. The zero-order valence-corrected chi connectivity index (χ0v) is 21.2. The number of hydrogen-bond acceptors (Lipinski definition) is 8. The Labute approximate surface area is 201 Å². The summed E-state index contributed by atoms with van der Waals surface area (Å²) >= 11 is 2.46. The van der Waals surface area contributed by atoms with Crippen LogP contribution in [0.25, 0.3) is 0 Å². The van der Waals surface area contributed by atoms with Crippen LogP contribution < -0.4 is 10.1 Å². The van der Waals surface area contributed by atoms with Crippen LogP contribution in [0.2, 0.25) is 0 Å². The Morgan fingerprint density at radius 2 is 1.91 bits per heavy atom. The zero-order chi connectivity index (χ0) is 24.1. The monoisotopic (exact) mass is 488 g/mol. The van der Waals surface area contributed by atoms with Crippen molar-refractivity contribution in [3.63, 3.8) is 0 Å². The number of aromatic nitrogens is 4. The van der Waals surface area contributed by atoms with E-state index in [0.29, 0.717) is 33.2 Å². The number of hydrogen-bond donors (Lipinski definition) is 1. The van der Waals surface area contributed by atoms with Gasteiger partial charge in [-0.15, -0.1) is 10.2 Å². The molecule has 1 unspecified atom stereocenters. The van der Waals surface area contributed by atoms with Gasteiger partial charge in [0.25, 0.3) is 5.91 Å². The van der Waals surface area contributed by atoms with Gasteiger partial charge in [0.05, 0.1) is 11.4 Å². The number of amides is 2. The van der Waals surface area contributed by atoms with Crippen molar-refractivity contribution >= 4 is 40.0 Å². The molecule has 2 aromatic heterocycles. The second kappa shape index (κ2) is 10.8. The molecule has 1 N–H and O–H groups in total. The average Bonchev–Trinajstić information content (AvgIpc) is 3.35. The molecule has 3 rings (SSSR count). The second-order valence-electron chi connectivity index (χ2n) is 7.63. The predicted octanol–water partition coefficient (Wildman–Crippen LogP) is 3.94. The number of carbonyl (C=O) groups is 2. The van der Waals surface area contributed by atoms with Gasteiger partial charge in [-0.3, -0.25) is 9.59 Å². The minimum Gasteiger partial charge on any atom is -0.483 e. The summed E-state index contributed by atoms with van der Waals surface area (Å²) in [5.41, 5.74) is 1.76. The van der Waals surface area contributed by atoms with Gasteiger partial charge in [-0.05, 0) is 39.8 Å². The van der Waals surface area contributed by atoms with E-state index in [2.05, 4.69) is 20.5 Å². The maximum Gasteiger partial charge on any atom is 0.265 e. The number of carbonyl (C=O) groups excluding carboxylic acids is 2. The first-order chi connectivity index (χ1) is 15.7. The maximum atomic E-state index is 12.5. The molecule has 1 atom stereocenters. The van der Waals surface area contributed by atoms with Crippen LogP contribution >= 0.6 is 23.1 Å². The highest BCUT2D eigenvalue weighted by Crippen LogP contribution is 2.26. The van der Waals surface area contributed by atoms with E-state index >= 15 is 0 Å². The van der Waals surface area contributed by atoms with E-state index in [1.165, 1.54) is 28.0 Å². The summed E-state index contributed by atoms with van der Waals surface area (Å²) in [6.07, 6.45) is -0.297. The van der Waals surface area contributed by atoms with E-state index in [1.54, 1.807) is 21.0 Å².